The maximum atomic E-state index is 12.5. The summed E-state index contributed by atoms with van der Waals surface area (Å²) in [5, 5.41) is 22.9. The van der Waals surface area contributed by atoms with E-state index in [1.54, 1.807) is 19.9 Å². The zero-order valence-electron chi connectivity index (χ0n) is 14.7. The number of sulfonamides is 1. The Morgan fingerprint density at radius 2 is 1.93 bits per heavy atom. The molecule has 0 bridgehead atoms. The highest BCUT2D eigenvalue weighted by molar-refractivity contribution is 7.91. The number of nitro benzene ring substituents is 1. The fourth-order valence-corrected chi connectivity index (χ4v) is 5.28. The van der Waals surface area contributed by atoms with Crippen molar-refractivity contribution < 1.29 is 23.2 Å². The van der Waals surface area contributed by atoms with E-state index in [-0.39, 0.29) is 16.3 Å². The number of aromatic hydroxyl groups is 1. The van der Waals surface area contributed by atoms with Crippen molar-refractivity contribution in [2.24, 2.45) is 0 Å². The molecule has 0 saturated heterocycles. The number of phenols is 1. The van der Waals surface area contributed by atoms with Crippen molar-refractivity contribution in [3.05, 3.63) is 50.9 Å². The third kappa shape index (κ3) is 4.62. The summed E-state index contributed by atoms with van der Waals surface area (Å²) in [6.45, 7) is 4.35. The fraction of sp³-hybridized carbons (Fsp3) is 0.312. The van der Waals surface area contributed by atoms with Crippen molar-refractivity contribution in [2.45, 2.75) is 24.6 Å². The first-order chi connectivity index (χ1) is 12.7. The van der Waals surface area contributed by atoms with Crippen molar-refractivity contribution in [3.63, 3.8) is 0 Å². The Balaban J connectivity index is 2.08. The molecule has 11 heteroatoms. The van der Waals surface area contributed by atoms with E-state index >= 15 is 0 Å². The van der Waals surface area contributed by atoms with Gasteiger partial charge >= 0.3 is 5.69 Å². The molecule has 0 saturated carbocycles. The number of nitrogens with zero attached hydrogens (tertiary/aromatic N) is 2. The van der Waals surface area contributed by atoms with Gasteiger partial charge in [0.05, 0.1) is 11.5 Å². The van der Waals surface area contributed by atoms with Crippen LogP contribution in [0.1, 0.15) is 29.1 Å². The molecule has 0 radical (unpaired) electrons. The van der Waals surface area contributed by atoms with Crippen molar-refractivity contribution >= 4 is 33.0 Å². The number of nitro groups is 1. The summed E-state index contributed by atoms with van der Waals surface area (Å²) < 4.78 is 26.5. The summed E-state index contributed by atoms with van der Waals surface area (Å²) >= 11 is 1.06. The van der Waals surface area contributed by atoms with Gasteiger partial charge in [0.15, 0.2) is 5.75 Å². The van der Waals surface area contributed by atoms with Gasteiger partial charge in [0.2, 0.25) is 0 Å². The number of phenolic OH excluding ortho intramolecular Hbond substituents is 1. The first kappa shape index (κ1) is 20.8. The topological polar surface area (TPSA) is 130 Å². The van der Waals surface area contributed by atoms with Gasteiger partial charge in [0, 0.05) is 29.6 Å². The highest BCUT2D eigenvalue weighted by Gasteiger charge is 2.23. The summed E-state index contributed by atoms with van der Waals surface area (Å²) in [5.41, 5.74) is -0.429. The standard InChI is InChI=1S/C16H19N3O6S2/c1-3-18(4-2)27(24,25)15-8-6-12(26-15)10-17-16(21)11-5-7-13(19(22)23)14(20)9-11/h5-9,20H,3-4,10H2,1-2H3,(H,17,21). The summed E-state index contributed by atoms with van der Waals surface area (Å²) in [7, 11) is -3.55. The minimum absolute atomic E-state index is 0.0608. The number of hydrogen-bond donors (Lipinski definition) is 2. The normalized spacial score (nSPS) is 11.5. The van der Waals surface area contributed by atoms with Crippen LogP contribution in [-0.4, -0.2) is 41.7 Å². The van der Waals surface area contributed by atoms with Gasteiger partial charge in [-0.15, -0.1) is 11.3 Å². The van der Waals surface area contributed by atoms with E-state index in [2.05, 4.69) is 5.32 Å². The van der Waals surface area contributed by atoms with Crippen LogP contribution in [0.5, 0.6) is 5.75 Å². The lowest BCUT2D eigenvalue weighted by atomic mass is 10.2. The van der Waals surface area contributed by atoms with E-state index < -0.39 is 32.3 Å². The van der Waals surface area contributed by atoms with Gasteiger partial charge in [-0.25, -0.2) is 8.42 Å². The Morgan fingerprint density at radius 1 is 1.26 bits per heavy atom. The second kappa shape index (κ2) is 8.46. The van der Waals surface area contributed by atoms with Crippen molar-refractivity contribution in [1.82, 2.24) is 9.62 Å². The van der Waals surface area contributed by atoms with E-state index in [4.69, 9.17) is 0 Å². The Hall–Kier alpha value is -2.50. The van der Waals surface area contributed by atoms with Crippen LogP contribution in [0, 0.1) is 10.1 Å². The maximum Gasteiger partial charge on any atom is 0.310 e. The van der Waals surface area contributed by atoms with Crippen LogP contribution in [0.25, 0.3) is 0 Å². The number of amides is 1. The maximum absolute atomic E-state index is 12.5. The molecule has 146 valence electrons. The third-order valence-corrected chi connectivity index (χ3v) is 7.40. The largest absolute Gasteiger partial charge is 0.502 e. The smallest absolute Gasteiger partial charge is 0.310 e. The molecule has 1 amide bonds. The molecular formula is C16H19N3O6S2. The van der Waals surface area contributed by atoms with E-state index in [0.717, 1.165) is 23.5 Å². The van der Waals surface area contributed by atoms with E-state index in [9.17, 15) is 28.4 Å². The number of nitrogens with one attached hydrogen (secondary N) is 1. The number of carbonyl (C=O) groups is 1. The highest BCUT2D eigenvalue weighted by Crippen LogP contribution is 2.27. The van der Waals surface area contributed by atoms with Crippen molar-refractivity contribution in [3.8, 4) is 5.75 Å². The molecule has 0 unspecified atom stereocenters. The molecule has 1 aromatic carbocycles. The highest BCUT2D eigenvalue weighted by atomic mass is 32.2. The van der Waals surface area contributed by atoms with Gasteiger partial charge in [-0.3, -0.25) is 14.9 Å². The van der Waals surface area contributed by atoms with E-state index in [1.165, 1.54) is 16.4 Å². The molecule has 0 spiro atoms. The Morgan fingerprint density at radius 3 is 2.48 bits per heavy atom. The molecule has 0 aliphatic heterocycles. The van der Waals surface area contributed by atoms with Crippen molar-refractivity contribution in [2.75, 3.05) is 13.1 Å². The molecule has 0 aliphatic carbocycles. The quantitative estimate of drug-likeness (QED) is 0.505. The Kier molecular flexibility index (Phi) is 6.52. The third-order valence-electron chi connectivity index (χ3n) is 3.79. The molecule has 0 fully saturated rings. The van der Waals surface area contributed by atoms with Gasteiger partial charge < -0.3 is 10.4 Å². The molecule has 0 aliphatic rings. The molecule has 1 aromatic heterocycles. The second-order valence-electron chi connectivity index (χ2n) is 5.45. The lowest BCUT2D eigenvalue weighted by Crippen LogP contribution is -2.30. The summed E-state index contributed by atoms with van der Waals surface area (Å²) in [6.07, 6.45) is 0. The van der Waals surface area contributed by atoms with Crippen LogP contribution < -0.4 is 5.32 Å². The predicted molar refractivity (Wildman–Crippen MR) is 100 cm³/mol. The molecule has 9 nitrogen and oxygen atoms in total. The molecule has 2 aromatic rings. The van der Waals surface area contributed by atoms with Crippen LogP contribution in [0.15, 0.2) is 34.5 Å². The van der Waals surface area contributed by atoms with Crippen LogP contribution in [0.3, 0.4) is 0 Å². The van der Waals surface area contributed by atoms with Crippen LogP contribution in [0.4, 0.5) is 5.69 Å². The van der Waals surface area contributed by atoms with Crippen LogP contribution in [0.2, 0.25) is 0 Å². The predicted octanol–water partition coefficient (Wildman–Crippen LogP) is 2.32. The fourth-order valence-electron chi connectivity index (χ4n) is 2.37. The van der Waals surface area contributed by atoms with Gasteiger partial charge in [-0.1, -0.05) is 13.8 Å². The minimum Gasteiger partial charge on any atom is -0.502 e. The minimum atomic E-state index is -3.55. The molecule has 2 N–H and O–H groups in total. The zero-order valence-corrected chi connectivity index (χ0v) is 16.3. The van der Waals surface area contributed by atoms with Crippen LogP contribution >= 0.6 is 11.3 Å². The molecule has 0 atom stereocenters. The first-order valence-corrected chi connectivity index (χ1v) is 10.3. The number of benzene rings is 1. The van der Waals surface area contributed by atoms with E-state index in [0.29, 0.717) is 18.0 Å². The Bertz CT molecular complexity index is 951. The summed E-state index contributed by atoms with van der Waals surface area (Å²) in [6, 6.07) is 6.41. The summed E-state index contributed by atoms with van der Waals surface area (Å²) in [4.78, 5) is 22.7. The SMILES string of the molecule is CCN(CC)S(=O)(=O)c1ccc(CNC(=O)c2ccc([N+](=O)[O-])c(O)c2)s1. The van der Waals surface area contributed by atoms with E-state index in [1.807, 2.05) is 0 Å². The lowest BCUT2D eigenvalue weighted by Gasteiger charge is -2.16. The average Bonchev–Trinajstić information content (AvgIpc) is 3.10. The van der Waals surface area contributed by atoms with Gasteiger partial charge in [0.1, 0.15) is 4.21 Å². The molecule has 27 heavy (non-hydrogen) atoms. The lowest BCUT2D eigenvalue weighted by molar-refractivity contribution is -0.385. The molecular weight excluding hydrogens is 394 g/mol. The monoisotopic (exact) mass is 413 g/mol. The number of thiophene rings is 1. The van der Waals surface area contributed by atoms with Gasteiger partial charge in [-0.05, 0) is 24.3 Å². The second-order valence-corrected chi connectivity index (χ2v) is 8.79. The number of rotatable bonds is 8. The van der Waals surface area contributed by atoms with Gasteiger partial charge in [0.25, 0.3) is 15.9 Å². The van der Waals surface area contributed by atoms with Gasteiger partial charge in [-0.2, -0.15) is 4.31 Å². The molecule has 2 rings (SSSR count). The first-order valence-electron chi connectivity index (χ1n) is 8.05. The van der Waals surface area contributed by atoms with Crippen molar-refractivity contribution in [1.29, 1.82) is 0 Å². The Labute approximate surface area is 160 Å². The zero-order chi connectivity index (χ0) is 20.2. The number of carbonyl (C=O) groups excluding carboxylic acids is 1. The number of hydrogen-bond acceptors (Lipinski definition) is 7. The van der Waals surface area contributed by atoms with Crippen LogP contribution in [-0.2, 0) is 16.6 Å². The summed E-state index contributed by atoms with van der Waals surface area (Å²) in [5.74, 6) is -1.14. The average molecular weight is 413 g/mol. The molecule has 1 heterocycles.